The van der Waals surface area contributed by atoms with E-state index < -0.39 is 0 Å². The first-order chi connectivity index (χ1) is 3.91. The van der Waals surface area contributed by atoms with E-state index in [1.54, 1.807) is 14.2 Å². The molecule has 8 heavy (non-hydrogen) atoms. The zero-order chi connectivity index (χ0) is 6.24. The summed E-state index contributed by atoms with van der Waals surface area (Å²) in [5, 5.41) is 0. The Morgan fingerprint density at radius 1 is 1.00 bits per heavy atom. The van der Waals surface area contributed by atoms with Gasteiger partial charge in [-0.15, -0.1) is 0 Å². The highest BCUT2D eigenvalue weighted by Gasteiger charge is 1.70. The smallest absolute Gasteiger partial charge is 0.0644 e. The molecule has 48 valence electrons. The van der Waals surface area contributed by atoms with Gasteiger partial charge in [-0.1, -0.05) is 12.2 Å². The third-order valence-electron chi connectivity index (χ3n) is 0.692. The monoisotopic (exact) mass is 116 g/mol. The van der Waals surface area contributed by atoms with Gasteiger partial charge in [0.2, 0.25) is 0 Å². The van der Waals surface area contributed by atoms with Gasteiger partial charge in [-0.25, -0.2) is 0 Å². The number of hydrogen-bond donors (Lipinski definition) is 0. The van der Waals surface area contributed by atoms with Gasteiger partial charge in [0.15, 0.2) is 0 Å². The van der Waals surface area contributed by atoms with Crippen molar-refractivity contribution in [3.63, 3.8) is 0 Å². The SMILES string of the molecule is COC/C=C\COC. The van der Waals surface area contributed by atoms with Crippen LogP contribution in [0, 0.1) is 0 Å². The fraction of sp³-hybridized carbons (Fsp3) is 0.667. The molecule has 0 saturated carbocycles. The van der Waals surface area contributed by atoms with Crippen LogP contribution in [-0.2, 0) is 9.47 Å². The molecule has 0 radical (unpaired) electrons. The van der Waals surface area contributed by atoms with E-state index in [0.717, 1.165) is 0 Å². The van der Waals surface area contributed by atoms with Gasteiger partial charge in [-0.05, 0) is 0 Å². The summed E-state index contributed by atoms with van der Waals surface area (Å²) < 4.78 is 9.49. The van der Waals surface area contributed by atoms with Crippen molar-refractivity contribution < 1.29 is 9.47 Å². The van der Waals surface area contributed by atoms with Gasteiger partial charge in [0.1, 0.15) is 0 Å². The van der Waals surface area contributed by atoms with Crippen molar-refractivity contribution in [3.05, 3.63) is 12.2 Å². The molecular formula is C6H12O2. The van der Waals surface area contributed by atoms with Crippen LogP contribution in [0.5, 0.6) is 0 Å². The van der Waals surface area contributed by atoms with Gasteiger partial charge >= 0.3 is 0 Å². The predicted molar refractivity (Wildman–Crippen MR) is 32.9 cm³/mol. The van der Waals surface area contributed by atoms with Crippen LogP contribution in [0.25, 0.3) is 0 Å². The molecule has 0 N–H and O–H groups in total. The molecule has 0 aromatic rings. The first-order valence-corrected chi connectivity index (χ1v) is 2.54. The number of ether oxygens (including phenoxy) is 2. The molecule has 0 unspecified atom stereocenters. The Bertz CT molecular complexity index is 51.5. The van der Waals surface area contributed by atoms with Crippen molar-refractivity contribution in [2.24, 2.45) is 0 Å². The molecule has 0 saturated heterocycles. The lowest BCUT2D eigenvalue weighted by molar-refractivity contribution is 0.223. The third kappa shape index (κ3) is 5.66. The molecule has 0 aromatic heterocycles. The average molecular weight is 116 g/mol. The Labute approximate surface area is 50.1 Å². The molecule has 0 fully saturated rings. The first-order valence-electron chi connectivity index (χ1n) is 2.54. The van der Waals surface area contributed by atoms with Gasteiger partial charge in [-0.3, -0.25) is 0 Å². The van der Waals surface area contributed by atoms with E-state index in [2.05, 4.69) is 0 Å². The Morgan fingerprint density at radius 2 is 1.38 bits per heavy atom. The molecule has 2 heteroatoms. The summed E-state index contributed by atoms with van der Waals surface area (Å²) in [6.07, 6.45) is 3.84. The quantitative estimate of drug-likeness (QED) is 0.506. The van der Waals surface area contributed by atoms with E-state index in [1.807, 2.05) is 12.2 Å². The lowest BCUT2D eigenvalue weighted by Crippen LogP contribution is -1.84. The number of rotatable bonds is 4. The standard InChI is InChI=1S/C6H12O2/c1-7-5-3-4-6-8-2/h3-4H,5-6H2,1-2H3/b4-3-. The van der Waals surface area contributed by atoms with Crippen molar-refractivity contribution in [1.82, 2.24) is 0 Å². The Morgan fingerprint density at radius 3 is 1.62 bits per heavy atom. The minimum atomic E-state index is 0.670. The lowest BCUT2D eigenvalue weighted by atomic mass is 10.5. The second-order valence-electron chi connectivity index (χ2n) is 1.38. The second kappa shape index (κ2) is 6.66. The van der Waals surface area contributed by atoms with E-state index in [0.29, 0.717) is 13.2 Å². The maximum absolute atomic E-state index is 4.75. The second-order valence-corrected chi connectivity index (χ2v) is 1.38. The molecule has 2 nitrogen and oxygen atoms in total. The third-order valence-corrected chi connectivity index (χ3v) is 0.692. The van der Waals surface area contributed by atoms with E-state index in [4.69, 9.17) is 9.47 Å². The summed E-state index contributed by atoms with van der Waals surface area (Å²) in [7, 11) is 3.33. The molecule has 0 rings (SSSR count). The topological polar surface area (TPSA) is 18.5 Å². The predicted octanol–water partition coefficient (Wildman–Crippen LogP) is 0.835. The average Bonchev–Trinajstić information content (AvgIpc) is 1.81. The minimum absolute atomic E-state index is 0.670. The van der Waals surface area contributed by atoms with Crippen LogP contribution in [0.3, 0.4) is 0 Å². The van der Waals surface area contributed by atoms with Gasteiger partial charge < -0.3 is 9.47 Å². The Hall–Kier alpha value is -0.340. The van der Waals surface area contributed by atoms with Gasteiger partial charge in [-0.2, -0.15) is 0 Å². The maximum Gasteiger partial charge on any atom is 0.0644 e. The molecule has 0 aromatic carbocycles. The molecule has 0 aliphatic carbocycles. The summed E-state index contributed by atoms with van der Waals surface area (Å²) in [5.74, 6) is 0. The summed E-state index contributed by atoms with van der Waals surface area (Å²) in [6, 6.07) is 0. The van der Waals surface area contributed by atoms with Crippen molar-refractivity contribution in [2.45, 2.75) is 0 Å². The fourth-order valence-corrected chi connectivity index (χ4v) is 0.329. The van der Waals surface area contributed by atoms with Crippen molar-refractivity contribution in [1.29, 1.82) is 0 Å². The number of methoxy groups -OCH3 is 2. The van der Waals surface area contributed by atoms with E-state index in [1.165, 1.54) is 0 Å². The highest BCUT2D eigenvalue weighted by Crippen LogP contribution is 1.73. The molecule has 0 heterocycles. The summed E-state index contributed by atoms with van der Waals surface area (Å²) in [4.78, 5) is 0. The van der Waals surface area contributed by atoms with Gasteiger partial charge in [0.05, 0.1) is 13.2 Å². The van der Waals surface area contributed by atoms with Crippen LogP contribution in [0.2, 0.25) is 0 Å². The highest BCUT2D eigenvalue weighted by molar-refractivity contribution is 4.80. The van der Waals surface area contributed by atoms with E-state index >= 15 is 0 Å². The van der Waals surface area contributed by atoms with Crippen molar-refractivity contribution in [3.8, 4) is 0 Å². The molecule has 0 aliphatic rings. The fourth-order valence-electron chi connectivity index (χ4n) is 0.329. The molecule has 0 amide bonds. The normalized spacial score (nSPS) is 10.8. The zero-order valence-electron chi connectivity index (χ0n) is 5.39. The largest absolute Gasteiger partial charge is 0.381 e. The van der Waals surface area contributed by atoms with Crippen LogP contribution in [-0.4, -0.2) is 27.4 Å². The van der Waals surface area contributed by atoms with Crippen LogP contribution in [0.1, 0.15) is 0 Å². The Kier molecular flexibility index (Phi) is 6.38. The molecule has 0 bridgehead atoms. The lowest BCUT2D eigenvalue weighted by Gasteiger charge is -1.87. The van der Waals surface area contributed by atoms with Crippen LogP contribution in [0.4, 0.5) is 0 Å². The van der Waals surface area contributed by atoms with Crippen LogP contribution < -0.4 is 0 Å². The maximum atomic E-state index is 4.75. The van der Waals surface area contributed by atoms with Crippen LogP contribution in [0.15, 0.2) is 12.2 Å². The minimum Gasteiger partial charge on any atom is -0.381 e. The summed E-state index contributed by atoms with van der Waals surface area (Å²) >= 11 is 0. The summed E-state index contributed by atoms with van der Waals surface area (Å²) in [5.41, 5.74) is 0. The van der Waals surface area contributed by atoms with Crippen molar-refractivity contribution >= 4 is 0 Å². The number of hydrogen-bond acceptors (Lipinski definition) is 2. The van der Waals surface area contributed by atoms with Gasteiger partial charge in [0, 0.05) is 14.2 Å². The molecular weight excluding hydrogens is 104 g/mol. The molecule has 0 spiro atoms. The first kappa shape index (κ1) is 7.66. The highest BCUT2D eigenvalue weighted by atomic mass is 16.5. The van der Waals surface area contributed by atoms with E-state index in [-0.39, 0.29) is 0 Å². The Balaban J connectivity index is 2.83. The molecule has 0 aliphatic heterocycles. The van der Waals surface area contributed by atoms with Gasteiger partial charge in [0.25, 0.3) is 0 Å². The molecule has 0 atom stereocenters. The van der Waals surface area contributed by atoms with Crippen LogP contribution >= 0.6 is 0 Å². The van der Waals surface area contributed by atoms with E-state index in [9.17, 15) is 0 Å². The summed E-state index contributed by atoms with van der Waals surface area (Å²) in [6.45, 7) is 1.34. The zero-order valence-corrected chi connectivity index (χ0v) is 5.39. The van der Waals surface area contributed by atoms with Crippen molar-refractivity contribution in [2.75, 3.05) is 27.4 Å².